The minimum Gasteiger partial charge on any atom is -0.493 e. The van der Waals surface area contributed by atoms with E-state index in [0.29, 0.717) is 11.4 Å². The third-order valence-electron chi connectivity index (χ3n) is 5.49. The first-order valence-electron chi connectivity index (χ1n) is 10.4. The zero-order valence-electron chi connectivity index (χ0n) is 18.3. The average Bonchev–Trinajstić information content (AvgIpc) is 2.79. The van der Waals surface area contributed by atoms with Crippen LogP contribution < -0.4 is 24.8 Å². The van der Waals surface area contributed by atoms with Crippen molar-refractivity contribution in [1.82, 2.24) is 0 Å². The lowest BCUT2D eigenvalue weighted by Gasteiger charge is -2.25. The van der Waals surface area contributed by atoms with Gasteiger partial charge in [-0.05, 0) is 43.2 Å². The Balaban J connectivity index is 1.94. The molecule has 0 aromatic heterocycles. The molecule has 0 aliphatic heterocycles. The van der Waals surface area contributed by atoms with Gasteiger partial charge >= 0.3 is 6.18 Å². The highest BCUT2D eigenvalue weighted by Gasteiger charge is 2.31. The number of ether oxygens (including phenoxy) is 3. The Labute approximate surface area is 185 Å². The second-order valence-electron chi connectivity index (χ2n) is 7.61. The summed E-state index contributed by atoms with van der Waals surface area (Å²) >= 11 is 0. The molecule has 6 nitrogen and oxygen atoms in total. The summed E-state index contributed by atoms with van der Waals surface area (Å²) < 4.78 is 55.7. The standard InChI is InChI=1S/C23H27F3N2O4/c1-30-19-11-14(12-20(31-2)21(19)32-3)22(29)28-18-13-15(23(24,25)26)9-10-17(18)27-16-7-5-4-6-8-16/h9-13,16,27H,4-8H2,1-3H3,(H,28,29). The van der Waals surface area contributed by atoms with E-state index < -0.39 is 17.6 Å². The molecule has 1 aliphatic carbocycles. The lowest BCUT2D eigenvalue weighted by Crippen LogP contribution is -2.24. The molecule has 0 spiro atoms. The van der Waals surface area contributed by atoms with E-state index in [1.54, 1.807) is 0 Å². The number of alkyl halides is 3. The smallest absolute Gasteiger partial charge is 0.416 e. The molecule has 1 aliphatic rings. The van der Waals surface area contributed by atoms with E-state index in [4.69, 9.17) is 14.2 Å². The normalized spacial score (nSPS) is 14.6. The molecule has 0 unspecified atom stereocenters. The van der Waals surface area contributed by atoms with Crippen LogP contribution in [-0.2, 0) is 6.18 Å². The van der Waals surface area contributed by atoms with E-state index in [1.807, 2.05) is 0 Å². The first-order chi connectivity index (χ1) is 15.3. The molecule has 2 N–H and O–H groups in total. The van der Waals surface area contributed by atoms with E-state index in [9.17, 15) is 18.0 Å². The van der Waals surface area contributed by atoms with Crippen LogP contribution in [0.25, 0.3) is 0 Å². The third-order valence-corrected chi connectivity index (χ3v) is 5.49. The summed E-state index contributed by atoms with van der Waals surface area (Å²) in [7, 11) is 4.27. The molecular formula is C23H27F3N2O4. The quantitative estimate of drug-likeness (QED) is 0.562. The Hall–Kier alpha value is -3.10. The summed E-state index contributed by atoms with van der Waals surface area (Å²) in [5, 5.41) is 5.91. The first kappa shape index (κ1) is 23.6. The monoisotopic (exact) mass is 452 g/mol. The van der Waals surface area contributed by atoms with Gasteiger partial charge in [0.15, 0.2) is 11.5 Å². The summed E-state index contributed by atoms with van der Waals surface area (Å²) in [5.74, 6) is 0.240. The van der Waals surface area contributed by atoms with Gasteiger partial charge in [0, 0.05) is 11.6 Å². The fourth-order valence-corrected chi connectivity index (χ4v) is 3.82. The van der Waals surface area contributed by atoms with Gasteiger partial charge in [0.25, 0.3) is 5.91 Å². The van der Waals surface area contributed by atoms with Gasteiger partial charge in [0.1, 0.15) is 0 Å². The van der Waals surface area contributed by atoms with Gasteiger partial charge in [0.05, 0.1) is 38.3 Å². The Kier molecular flexibility index (Phi) is 7.37. The van der Waals surface area contributed by atoms with E-state index in [1.165, 1.54) is 39.5 Å². The van der Waals surface area contributed by atoms with Crippen LogP contribution in [0.5, 0.6) is 17.2 Å². The SMILES string of the molecule is COc1cc(C(=O)Nc2cc(C(F)(F)F)ccc2NC2CCCCC2)cc(OC)c1OC. The number of carbonyl (C=O) groups is 1. The van der Waals surface area contributed by atoms with E-state index in [-0.39, 0.29) is 28.8 Å². The molecule has 1 fully saturated rings. The lowest BCUT2D eigenvalue weighted by molar-refractivity contribution is -0.137. The topological polar surface area (TPSA) is 68.8 Å². The lowest BCUT2D eigenvalue weighted by atomic mass is 9.95. The van der Waals surface area contributed by atoms with Gasteiger partial charge in [-0.15, -0.1) is 0 Å². The molecule has 0 saturated heterocycles. The summed E-state index contributed by atoms with van der Waals surface area (Å²) in [6, 6.07) is 6.36. The molecule has 0 heterocycles. The highest BCUT2D eigenvalue weighted by Crippen LogP contribution is 2.39. The van der Waals surface area contributed by atoms with Gasteiger partial charge in [0.2, 0.25) is 5.75 Å². The molecule has 2 aromatic rings. The highest BCUT2D eigenvalue weighted by molar-refractivity contribution is 6.06. The summed E-state index contributed by atoms with van der Waals surface area (Å²) in [4.78, 5) is 13.0. The number of amides is 1. The van der Waals surface area contributed by atoms with Gasteiger partial charge < -0.3 is 24.8 Å². The molecule has 1 saturated carbocycles. The number of carbonyl (C=O) groups excluding carboxylic acids is 1. The molecule has 174 valence electrons. The van der Waals surface area contributed by atoms with E-state index in [2.05, 4.69) is 10.6 Å². The molecule has 0 atom stereocenters. The van der Waals surface area contributed by atoms with Crippen molar-refractivity contribution >= 4 is 17.3 Å². The molecule has 2 aromatic carbocycles. The van der Waals surface area contributed by atoms with Crippen LogP contribution in [0.1, 0.15) is 48.0 Å². The molecule has 9 heteroatoms. The number of methoxy groups -OCH3 is 3. The molecule has 3 rings (SSSR count). The maximum absolute atomic E-state index is 13.3. The average molecular weight is 452 g/mol. The zero-order valence-corrected chi connectivity index (χ0v) is 18.3. The maximum atomic E-state index is 13.3. The molecule has 32 heavy (non-hydrogen) atoms. The van der Waals surface area contributed by atoms with Crippen LogP contribution in [0, 0.1) is 0 Å². The number of nitrogens with one attached hydrogen (secondary N) is 2. The second kappa shape index (κ2) is 10.0. The van der Waals surface area contributed by atoms with Crippen molar-refractivity contribution in [2.45, 2.75) is 44.3 Å². The number of halogens is 3. The number of anilines is 2. The third kappa shape index (κ3) is 5.38. The van der Waals surface area contributed by atoms with Crippen LogP contribution in [0.3, 0.4) is 0 Å². The molecule has 0 radical (unpaired) electrons. The van der Waals surface area contributed by atoms with E-state index in [0.717, 1.165) is 44.2 Å². The predicted octanol–water partition coefficient (Wildman–Crippen LogP) is 5.73. The fourth-order valence-electron chi connectivity index (χ4n) is 3.82. The Morgan fingerprint density at radius 3 is 2.06 bits per heavy atom. The summed E-state index contributed by atoms with van der Waals surface area (Å²) in [6.07, 6.45) is 0.602. The molecular weight excluding hydrogens is 425 g/mol. The molecule has 1 amide bonds. The van der Waals surface area contributed by atoms with Crippen LogP contribution in [0.15, 0.2) is 30.3 Å². The summed E-state index contributed by atoms with van der Waals surface area (Å²) in [6.45, 7) is 0. The number of benzene rings is 2. The first-order valence-corrected chi connectivity index (χ1v) is 10.4. The highest BCUT2D eigenvalue weighted by atomic mass is 19.4. The number of hydrogen-bond donors (Lipinski definition) is 2. The Bertz CT molecular complexity index is 932. The fraction of sp³-hybridized carbons (Fsp3) is 0.435. The Morgan fingerprint density at radius 2 is 1.53 bits per heavy atom. The predicted molar refractivity (Wildman–Crippen MR) is 116 cm³/mol. The van der Waals surface area contributed by atoms with Gasteiger partial charge in [-0.1, -0.05) is 19.3 Å². The van der Waals surface area contributed by atoms with Crippen molar-refractivity contribution in [1.29, 1.82) is 0 Å². The van der Waals surface area contributed by atoms with Crippen LogP contribution in [0.2, 0.25) is 0 Å². The van der Waals surface area contributed by atoms with Crippen molar-refractivity contribution < 1.29 is 32.2 Å². The Morgan fingerprint density at radius 1 is 0.906 bits per heavy atom. The largest absolute Gasteiger partial charge is 0.493 e. The van der Waals surface area contributed by atoms with Crippen molar-refractivity contribution in [2.75, 3.05) is 32.0 Å². The minimum absolute atomic E-state index is 0.0594. The summed E-state index contributed by atoms with van der Waals surface area (Å²) in [5.41, 5.74) is -0.178. The van der Waals surface area contributed by atoms with Crippen molar-refractivity contribution in [2.24, 2.45) is 0 Å². The second-order valence-corrected chi connectivity index (χ2v) is 7.61. The van der Waals surface area contributed by atoms with Gasteiger partial charge in [-0.2, -0.15) is 13.2 Å². The zero-order chi connectivity index (χ0) is 23.3. The van der Waals surface area contributed by atoms with Crippen molar-refractivity contribution in [3.63, 3.8) is 0 Å². The van der Waals surface area contributed by atoms with Crippen LogP contribution in [-0.4, -0.2) is 33.3 Å². The van der Waals surface area contributed by atoms with E-state index >= 15 is 0 Å². The van der Waals surface area contributed by atoms with Crippen molar-refractivity contribution in [3.8, 4) is 17.2 Å². The van der Waals surface area contributed by atoms with Crippen LogP contribution >= 0.6 is 0 Å². The van der Waals surface area contributed by atoms with Crippen LogP contribution in [0.4, 0.5) is 24.5 Å². The number of rotatable bonds is 7. The van der Waals surface area contributed by atoms with Crippen molar-refractivity contribution in [3.05, 3.63) is 41.5 Å². The minimum atomic E-state index is -4.53. The molecule has 0 bridgehead atoms. The number of hydrogen-bond acceptors (Lipinski definition) is 5. The van der Waals surface area contributed by atoms with Gasteiger partial charge in [-0.25, -0.2) is 0 Å². The van der Waals surface area contributed by atoms with Gasteiger partial charge in [-0.3, -0.25) is 4.79 Å². The maximum Gasteiger partial charge on any atom is 0.416 e.